The van der Waals surface area contributed by atoms with Gasteiger partial charge in [0, 0.05) is 13.1 Å². The average Bonchev–Trinajstić information content (AvgIpc) is 3.36. The highest BCUT2D eigenvalue weighted by molar-refractivity contribution is 7.89. The summed E-state index contributed by atoms with van der Waals surface area (Å²) in [6.45, 7) is 0.793. The second-order valence-electron chi connectivity index (χ2n) is 6.16. The molecule has 4 rings (SSSR count). The van der Waals surface area contributed by atoms with Crippen molar-refractivity contribution in [3.05, 3.63) is 65.9 Å². The molecule has 0 bridgehead atoms. The van der Waals surface area contributed by atoms with E-state index in [9.17, 15) is 8.42 Å². The Morgan fingerprint density at radius 3 is 2.44 bits per heavy atom. The maximum atomic E-state index is 12.9. The molecule has 1 aromatic heterocycles. The lowest BCUT2D eigenvalue weighted by Crippen LogP contribution is -2.29. The second-order valence-corrected chi connectivity index (χ2v) is 8.50. The maximum Gasteiger partial charge on any atom is 0.243 e. The van der Waals surface area contributed by atoms with E-state index >= 15 is 0 Å². The molecular formula is C18H17ClN4O3S. The maximum absolute atomic E-state index is 12.9. The number of halogens is 1. The summed E-state index contributed by atoms with van der Waals surface area (Å²) in [6, 6.07) is 13.4. The number of ether oxygens (including phenoxy) is 1. The first kappa shape index (κ1) is 18.0. The van der Waals surface area contributed by atoms with Gasteiger partial charge >= 0.3 is 0 Å². The summed E-state index contributed by atoms with van der Waals surface area (Å²) >= 11 is 6.08. The van der Waals surface area contributed by atoms with Crippen LogP contribution >= 0.6 is 11.6 Å². The van der Waals surface area contributed by atoms with Gasteiger partial charge in [-0.25, -0.2) is 8.42 Å². The van der Waals surface area contributed by atoms with Gasteiger partial charge in [-0.1, -0.05) is 23.7 Å². The van der Waals surface area contributed by atoms with Crippen LogP contribution in [0.1, 0.15) is 12.5 Å². The van der Waals surface area contributed by atoms with E-state index in [4.69, 9.17) is 16.3 Å². The second kappa shape index (κ2) is 7.30. The first-order chi connectivity index (χ1) is 13.0. The number of rotatable bonds is 5. The zero-order valence-electron chi connectivity index (χ0n) is 14.3. The summed E-state index contributed by atoms with van der Waals surface area (Å²) in [5, 5.41) is 8.70. The van der Waals surface area contributed by atoms with E-state index in [-0.39, 0.29) is 10.9 Å². The summed E-state index contributed by atoms with van der Waals surface area (Å²) in [6.07, 6.45) is 3.87. The highest BCUT2D eigenvalue weighted by Crippen LogP contribution is 2.31. The molecule has 0 N–H and O–H groups in total. The van der Waals surface area contributed by atoms with Crippen molar-refractivity contribution in [2.75, 3.05) is 13.1 Å². The quantitative estimate of drug-likeness (QED) is 0.651. The van der Waals surface area contributed by atoms with Crippen molar-refractivity contribution in [2.45, 2.75) is 17.4 Å². The molecule has 0 radical (unpaired) electrons. The van der Waals surface area contributed by atoms with Crippen molar-refractivity contribution in [1.82, 2.24) is 19.3 Å². The lowest BCUT2D eigenvalue weighted by atomic mass is 10.3. The first-order valence-corrected chi connectivity index (χ1v) is 10.2. The predicted molar refractivity (Wildman–Crippen MR) is 100 cm³/mol. The number of para-hydroxylation sites is 1. The van der Waals surface area contributed by atoms with E-state index in [2.05, 4.69) is 10.2 Å². The van der Waals surface area contributed by atoms with Crippen LogP contribution in [0.15, 0.2) is 65.8 Å². The number of benzene rings is 2. The molecule has 140 valence electrons. The Hall–Kier alpha value is -2.42. The SMILES string of the molecule is O=S(=O)(c1ccc(Oc2ccccc2Cl)cc1)N1CC[C@H](n2nccn2)C1. The molecule has 1 saturated heterocycles. The first-order valence-electron chi connectivity index (χ1n) is 8.42. The molecule has 0 saturated carbocycles. The van der Waals surface area contributed by atoms with Crippen molar-refractivity contribution in [2.24, 2.45) is 0 Å². The lowest BCUT2D eigenvalue weighted by molar-refractivity contribution is 0.402. The Bertz CT molecular complexity index is 1020. The zero-order chi connectivity index (χ0) is 18.9. The van der Waals surface area contributed by atoms with Crippen LogP contribution in [-0.4, -0.2) is 40.8 Å². The molecule has 1 aliphatic rings. The van der Waals surface area contributed by atoms with E-state index in [0.717, 1.165) is 0 Å². The third-order valence-electron chi connectivity index (χ3n) is 4.42. The van der Waals surface area contributed by atoms with E-state index in [0.29, 0.717) is 36.0 Å². The molecule has 2 heterocycles. The Balaban J connectivity index is 1.49. The highest BCUT2D eigenvalue weighted by Gasteiger charge is 2.34. The molecule has 1 atom stereocenters. The topological polar surface area (TPSA) is 77.3 Å². The Labute approximate surface area is 162 Å². The Kier molecular flexibility index (Phi) is 4.86. The van der Waals surface area contributed by atoms with Crippen molar-refractivity contribution in [3.63, 3.8) is 0 Å². The van der Waals surface area contributed by atoms with Crippen LogP contribution in [0.2, 0.25) is 5.02 Å². The van der Waals surface area contributed by atoms with Crippen LogP contribution in [0.5, 0.6) is 11.5 Å². The van der Waals surface area contributed by atoms with E-state index in [1.165, 1.54) is 4.31 Å². The number of hydrogen-bond acceptors (Lipinski definition) is 5. The van der Waals surface area contributed by atoms with Crippen molar-refractivity contribution < 1.29 is 13.2 Å². The van der Waals surface area contributed by atoms with Crippen molar-refractivity contribution in [3.8, 4) is 11.5 Å². The molecule has 27 heavy (non-hydrogen) atoms. The van der Waals surface area contributed by atoms with Crippen LogP contribution in [0.3, 0.4) is 0 Å². The van der Waals surface area contributed by atoms with Crippen LogP contribution in [-0.2, 0) is 10.0 Å². The number of sulfonamides is 1. The molecule has 1 fully saturated rings. The van der Waals surface area contributed by atoms with Crippen molar-refractivity contribution in [1.29, 1.82) is 0 Å². The van der Waals surface area contributed by atoms with Crippen LogP contribution < -0.4 is 4.74 Å². The fraction of sp³-hybridized carbons (Fsp3) is 0.222. The number of aromatic nitrogens is 3. The largest absolute Gasteiger partial charge is 0.456 e. The summed E-state index contributed by atoms with van der Waals surface area (Å²) in [5.74, 6) is 1.03. The van der Waals surface area contributed by atoms with Crippen molar-refractivity contribution >= 4 is 21.6 Å². The van der Waals surface area contributed by atoms with Gasteiger partial charge in [0.15, 0.2) is 0 Å². The Morgan fingerprint density at radius 1 is 1.04 bits per heavy atom. The predicted octanol–water partition coefficient (Wildman–Crippen LogP) is 3.36. The van der Waals surface area contributed by atoms with E-state index < -0.39 is 10.0 Å². The third-order valence-corrected chi connectivity index (χ3v) is 6.61. The highest BCUT2D eigenvalue weighted by atomic mass is 35.5. The molecular weight excluding hydrogens is 388 g/mol. The van der Waals surface area contributed by atoms with Gasteiger partial charge in [-0.05, 0) is 42.8 Å². The number of hydrogen-bond donors (Lipinski definition) is 0. The van der Waals surface area contributed by atoms with Gasteiger partial charge in [-0.2, -0.15) is 19.3 Å². The monoisotopic (exact) mass is 404 g/mol. The molecule has 0 aliphatic carbocycles. The summed E-state index contributed by atoms with van der Waals surface area (Å²) in [4.78, 5) is 1.79. The summed E-state index contributed by atoms with van der Waals surface area (Å²) in [5.41, 5.74) is 0. The smallest absolute Gasteiger partial charge is 0.243 e. The number of nitrogens with zero attached hydrogens (tertiary/aromatic N) is 4. The van der Waals surface area contributed by atoms with E-state index in [1.807, 2.05) is 12.1 Å². The fourth-order valence-electron chi connectivity index (χ4n) is 3.02. The molecule has 9 heteroatoms. The van der Waals surface area contributed by atoms with Gasteiger partial charge in [0.1, 0.15) is 11.5 Å². The van der Waals surface area contributed by atoms with Gasteiger partial charge in [0.05, 0.1) is 28.4 Å². The minimum absolute atomic E-state index is 0.0439. The van der Waals surface area contributed by atoms with Gasteiger partial charge < -0.3 is 4.74 Å². The minimum atomic E-state index is -3.58. The van der Waals surface area contributed by atoms with Gasteiger partial charge in [-0.3, -0.25) is 0 Å². The summed E-state index contributed by atoms with van der Waals surface area (Å²) < 4.78 is 32.9. The van der Waals surface area contributed by atoms with Crippen LogP contribution in [0.4, 0.5) is 0 Å². The van der Waals surface area contributed by atoms with E-state index in [1.54, 1.807) is 53.6 Å². The zero-order valence-corrected chi connectivity index (χ0v) is 15.8. The minimum Gasteiger partial charge on any atom is -0.456 e. The summed E-state index contributed by atoms with van der Waals surface area (Å²) in [7, 11) is -3.58. The van der Waals surface area contributed by atoms with Gasteiger partial charge in [0.25, 0.3) is 0 Å². The molecule has 0 spiro atoms. The molecule has 3 aromatic rings. The average molecular weight is 405 g/mol. The van der Waals surface area contributed by atoms with Crippen LogP contribution in [0.25, 0.3) is 0 Å². The third kappa shape index (κ3) is 3.69. The molecule has 1 aliphatic heterocycles. The standard InChI is InChI=1S/C18H17ClN4O3S/c19-17-3-1-2-4-18(17)26-15-5-7-16(8-6-15)27(24,25)22-12-9-14(13-22)23-20-10-11-21-23/h1-8,10-11,14H,9,12-13H2/t14-/m0/s1. The van der Waals surface area contributed by atoms with Gasteiger partial charge in [0.2, 0.25) is 10.0 Å². The Morgan fingerprint density at radius 2 is 1.74 bits per heavy atom. The van der Waals surface area contributed by atoms with Gasteiger partial charge in [-0.15, -0.1) is 0 Å². The molecule has 0 unspecified atom stereocenters. The molecule has 2 aromatic carbocycles. The normalized spacial score (nSPS) is 17.9. The lowest BCUT2D eigenvalue weighted by Gasteiger charge is -2.17. The fourth-order valence-corrected chi connectivity index (χ4v) is 4.68. The molecule has 7 nitrogen and oxygen atoms in total. The van der Waals surface area contributed by atoms with Crippen LogP contribution in [0, 0.1) is 0 Å². The molecule has 0 amide bonds.